The Labute approximate surface area is 165 Å². The first kappa shape index (κ1) is 20.0. The van der Waals surface area contributed by atoms with Gasteiger partial charge in [-0.15, -0.1) is 11.3 Å². The molecule has 0 saturated carbocycles. The minimum Gasteiger partial charge on any atom is -0.396 e. The van der Waals surface area contributed by atoms with E-state index in [1.165, 1.54) is 0 Å². The van der Waals surface area contributed by atoms with Crippen LogP contribution in [0, 0.1) is 5.92 Å². The SMILES string of the molecule is NCNCCCNc1nc(-c2cccc(N3CCC(CCO)CC3)n2)cs1. The Morgan fingerprint density at radius 3 is 2.81 bits per heavy atom. The molecule has 0 bridgehead atoms. The molecule has 1 saturated heterocycles. The zero-order chi connectivity index (χ0) is 18.9. The van der Waals surface area contributed by atoms with Gasteiger partial charge in [0, 0.05) is 38.3 Å². The quantitative estimate of drug-likeness (QED) is 0.364. The van der Waals surface area contributed by atoms with Crippen molar-refractivity contribution in [3.8, 4) is 11.4 Å². The molecule has 1 aliphatic heterocycles. The molecule has 27 heavy (non-hydrogen) atoms. The van der Waals surface area contributed by atoms with Crippen LogP contribution in [-0.4, -0.2) is 54.5 Å². The highest BCUT2D eigenvalue weighted by molar-refractivity contribution is 7.14. The number of nitrogens with two attached hydrogens (primary N) is 1. The van der Waals surface area contributed by atoms with Crippen molar-refractivity contribution in [3.05, 3.63) is 23.6 Å². The van der Waals surface area contributed by atoms with Crippen LogP contribution in [-0.2, 0) is 0 Å². The van der Waals surface area contributed by atoms with E-state index < -0.39 is 0 Å². The largest absolute Gasteiger partial charge is 0.396 e. The van der Waals surface area contributed by atoms with Gasteiger partial charge in [-0.25, -0.2) is 9.97 Å². The second kappa shape index (κ2) is 10.6. The van der Waals surface area contributed by atoms with Gasteiger partial charge in [-0.2, -0.15) is 0 Å². The lowest BCUT2D eigenvalue weighted by molar-refractivity contribution is 0.240. The first-order chi connectivity index (χ1) is 13.3. The molecule has 1 aliphatic rings. The predicted molar refractivity (Wildman–Crippen MR) is 112 cm³/mol. The summed E-state index contributed by atoms with van der Waals surface area (Å²) in [4.78, 5) is 11.9. The Kier molecular flexibility index (Phi) is 7.82. The van der Waals surface area contributed by atoms with E-state index in [2.05, 4.69) is 38.0 Å². The molecule has 1 fully saturated rings. The van der Waals surface area contributed by atoms with Crippen LogP contribution >= 0.6 is 11.3 Å². The van der Waals surface area contributed by atoms with E-state index in [9.17, 15) is 0 Å². The maximum Gasteiger partial charge on any atom is 0.183 e. The fourth-order valence-electron chi connectivity index (χ4n) is 3.36. The van der Waals surface area contributed by atoms with Crippen LogP contribution in [0.4, 0.5) is 10.9 Å². The molecule has 0 aliphatic carbocycles. The van der Waals surface area contributed by atoms with Gasteiger partial charge in [0.1, 0.15) is 11.5 Å². The molecule has 8 heteroatoms. The number of aromatic nitrogens is 2. The third-order valence-corrected chi connectivity index (χ3v) is 5.73. The number of hydrogen-bond acceptors (Lipinski definition) is 8. The standard InChI is InChI=1S/C19H30N6OS/c20-14-21-8-2-9-22-19-24-17(13-27-19)16-3-1-4-18(23-16)25-10-5-15(6-11-25)7-12-26/h1,3-4,13,15,21,26H,2,5-12,14,20H2,(H,22,24). The number of aliphatic hydroxyl groups excluding tert-OH is 1. The van der Waals surface area contributed by atoms with Crippen molar-refractivity contribution in [2.24, 2.45) is 11.7 Å². The van der Waals surface area contributed by atoms with Crippen LogP contribution in [0.15, 0.2) is 23.6 Å². The van der Waals surface area contributed by atoms with Crippen LogP contribution in [0.3, 0.4) is 0 Å². The van der Waals surface area contributed by atoms with E-state index in [-0.39, 0.29) is 0 Å². The first-order valence-electron chi connectivity index (χ1n) is 9.73. The van der Waals surface area contributed by atoms with E-state index in [0.29, 0.717) is 19.2 Å². The molecule has 0 radical (unpaired) electrons. The van der Waals surface area contributed by atoms with E-state index >= 15 is 0 Å². The number of aliphatic hydroxyl groups is 1. The molecule has 3 rings (SSSR count). The second-order valence-electron chi connectivity index (χ2n) is 6.85. The molecular formula is C19H30N6OS. The highest BCUT2D eigenvalue weighted by atomic mass is 32.1. The third-order valence-electron chi connectivity index (χ3n) is 4.93. The van der Waals surface area contributed by atoms with Gasteiger partial charge in [0.05, 0.1) is 5.69 Å². The van der Waals surface area contributed by atoms with E-state index in [0.717, 1.165) is 74.2 Å². The van der Waals surface area contributed by atoms with Gasteiger partial charge in [-0.1, -0.05) is 6.07 Å². The first-order valence-corrected chi connectivity index (χ1v) is 10.6. The topological polar surface area (TPSA) is 99.3 Å². The molecule has 0 unspecified atom stereocenters. The zero-order valence-corrected chi connectivity index (χ0v) is 16.5. The number of thiazole rings is 1. The lowest BCUT2D eigenvalue weighted by Crippen LogP contribution is -2.34. The molecular weight excluding hydrogens is 360 g/mol. The van der Waals surface area contributed by atoms with Crippen molar-refractivity contribution in [2.45, 2.75) is 25.7 Å². The van der Waals surface area contributed by atoms with Crippen LogP contribution in [0.5, 0.6) is 0 Å². The number of nitrogens with one attached hydrogen (secondary N) is 2. The molecule has 2 aromatic heterocycles. The van der Waals surface area contributed by atoms with Crippen molar-refractivity contribution >= 4 is 22.3 Å². The Hall–Kier alpha value is -1.74. The zero-order valence-electron chi connectivity index (χ0n) is 15.7. The van der Waals surface area contributed by atoms with E-state index in [4.69, 9.17) is 15.8 Å². The van der Waals surface area contributed by atoms with Crippen LogP contribution in [0.25, 0.3) is 11.4 Å². The maximum atomic E-state index is 9.11. The average molecular weight is 391 g/mol. The minimum atomic E-state index is 0.294. The highest BCUT2D eigenvalue weighted by Crippen LogP contribution is 2.27. The van der Waals surface area contributed by atoms with Gasteiger partial charge in [0.25, 0.3) is 0 Å². The van der Waals surface area contributed by atoms with E-state index in [1.807, 2.05) is 6.07 Å². The van der Waals surface area contributed by atoms with Gasteiger partial charge in [-0.3, -0.25) is 0 Å². The van der Waals surface area contributed by atoms with Crippen molar-refractivity contribution in [1.29, 1.82) is 0 Å². The molecule has 0 spiro atoms. The lowest BCUT2D eigenvalue weighted by Gasteiger charge is -2.32. The maximum absolute atomic E-state index is 9.11. The van der Waals surface area contributed by atoms with Crippen LogP contribution < -0.4 is 21.3 Å². The molecule has 0 amide bonds. The predicted octanol–water partition coefficient (Wildman–Crippen LogP) is 2.11. The van der Waals surface area contributed by atoms with Crippen LogP contribution in [0.1, 0.15) is 25.7 Å². The summed E-state index contributed by atoms with van der Waals surface area (Å²) in [7, 11) is 0. The summed E-state index contributed by atoms with van der Waals surface area (Å²) in [5, 5.41) is 18.6. The van der Waals surface area contributed by atoms with Gasteiger partial charge >= 0.3 is 0 Å². The molecule has 0 atom stereocenters. The monoisotopic (exact) mass is 390 g/mol. The number of nitrogens with zero attached hydrogens (tertiary/aromatic N) is 3. The van der Waals surface area contributed by atoms with Crippen molar-refractivity contribution < 1.29 is 5.11 Å². The summed E-state index contributed by atoms with van der Waals surface area (Å²) in [5.41, 5.74) is 7.25. The van der Waals surface area contributed by atoms with Crippen LogP contribution in [0.2, 0.25) is 0 Å². The lowest BCUT2D eigenvalue weighted by atomic mass is 9.94. The summed E-state index contributed by atoms with van der Waals surface area (Å²) >= 11 is 1.61. The van der Waals surface area contributed by atoms with Gasteiger partial charge in [-0.05, 0) is 50.3 Å². The van der Waals surface area contributed by atoms with Crippen molar-refractivity contribution in [1.82, 2.24) is 15.3 Å². The van der Waals surface area contributed by atoms with Gasteiger partial charge in [0.15, 0.2) is 5.13 Å². The molecule has 2 aromatic rings. The minimum absolute atomic E-state index is 0.294. The fraction of sp³-hybridized carbons (Fsp3) is 0.579. The Morgan fingerprint density at radius 2 is 2.04 bits per heavy atom. The number of pyridine rings is 1. The molecule has 3 heterocycles. The van der Waals surface area contributed by atoms with Crippen molar-refractivity contribution in [2.75, 3.05) is 49.7 Å². The highest BCUT2D eigenvalue weighted by Gasteiger charge is 2.20. The summed E-state index contributed by atoms with van der Waals surface area (Å²) in [6.45, 7) is 4.59. The van der Waals surface area contributed by atoms with Gasteiger partial charge < -0.3 is 26.4 Å². The molecule has 148 valence electrons. The smallest absolute Gasteiger partial charge is 0.183 e. The van der Waals surface area contributed by atoms with Crippen molar-refractivity contribution in [3.63, 3.8) is 0 Å². The Morgan fingerprint density at radius 1 is 1.19 bits per heavy atom. The normalized spacial score (nSPS) is 15.3. The third kappa shape index (κ3) is 5.87. The summed E-state index contributed by atoms with van der Waals surface area (Å²) in [6, 6.07) is 6.15. The summed E-state index contributed by atoms with van der Waals surface area (Å²) in [5.74, 6) is 1.66. The number of piperidine rings is 1. The summed E-state index contributed by atoms with van der Waals surface area (Å²) < 4.78 is 0. The molecule has 7 nitrogen and oxygen atoms in total. The Balaban J connectivity index is 1.56. The summed E-state index contributed by atoms with van der Waals surface area (Å²) in [6.07, 6.45) is 4.16. The second-order valence-corrected chi connectivity index (χ2v) is 7.70. The average Bonchev–Trinajstić information content (AvgIpc) is 3.18. The number of hydrogen-bond donors (Lipinski definition) is 4. The fourth-order valence-corrected chi connectivity index (χ4v) is 4.09. The van der Waals surface area contributed by atoms with E-state index in [1.54, 1.807) is 11.3 Å². The Bertz CT molecular complexity index is 686. The number of rotatable bonds is 10. The molecule has 5 N–H and O–H groups in total. The van der Waals surface area contributed by atoms with Gasteiger partial charge in [0.2, 0.25) is 0 Å². The number of anilines is 2. The molecule has 0 aromatic carbocycles.